The van der Waals surface area contributed by atoms with Crippen molar-refractivity contribution in [1.82, 2.24) is 0 Å². The third-order valence-electron chi connectivity index (χ3n) is 1.35. The van der Waals surface area contributed by atoms with E-state index in [0.717, 1.165) is 0 Å². The van der Waals surface area contributed by atoms with Gasteiger partial charge in [0.15, 0.2) is 0 Å². The molecule has 0 aromatic heterocycles. The van der Waals surface area contributed by atoms with Crippen LogP contribution < -0.4 is 33.7 Å². The normalized spacial score (nSPS) is 10.9. The Balaban J connectivity index is 0.00000256. The van der Waals surface area contributed by atoms with Gasteiger partial charge in [0.25, 0.3) is 10.4 Å². The Morgan fingerprint density at radius 3 is 1.41 bits per heavy atom. The van der Waals surface area contributed by atoms with Gasteiger partial charge in [0.2, 0.25) is 34.8 Å². The summed E-state index contributed by atoms with van der Waals surface area (Å²) >= 11 is 0. The molecule has 1 rings (SSSR count). The second-order valence-electron chi connectivity index (χ2n) is 2.39. The Morgan fingerprint density at radius 1 is 0.824 bits per heavy atom. The van der Waals surface area contributed by atoms with Crippen molar-refractivity contribution >= 4 is 10.4 Å². The van der Waals surface area contributed by atoms with Crippen molar-refractivity contribution in [3.05, 3.63) is 29.1 Å². The molecule has 17 heavy (non-hydrogen) atoms. The van der Waals surface area contributed by atoms with Gasteiger partial charge >= 0.3 is 29.6 Å². The molecule has 0 aliphatic rings. The molecule has 4 nitrogen and oxygen atoms in total. The van der Waals surface area contributed by atoms with E-state index < -0.39 is 45.2 Å². The minimum Gasteiger partial charge on any atom is -0.716 e. The molecule has 0 saturated carbocycles. The third kappa shape index (κ3) is 3.52. The molecule has 0 amide bonds. The van der Waals surface area contributed by atoms with E-state index in [4.69, 9.17) is 0 Å². The van der Waals surface area contributed by atoms with Crippen molar-refractivity contribution in [3.63, 3.8) is 0 Å². The minimum absolute atomic E-state index is 0. The molecule has 1 aromatic carbocycles. The van der Waals surface area contributed by atoms with Crippen molar-refractivity contribution in [2.75, 3.05) is 0 Å². The van der Waals surface area contributed by atoms with Crippen molar-refractivity contribution in [1.29, 1.82) is 0 Å². The van der Waals surface area contributed by atoms with Gasteiger partial charge in [0.1, 0.15) is 0 Å². The average molecular weight is 286 g/mol. The van der Waals surface area contributed by atoms with E-state index >= 15 is 0 Å². The third-order valence-corrected chi connectivity index (χ3v) is 1.73. The van der Waals surface area contributed by atoms with E-state index in [2.05, 4.69) is 4.18 Å². The summed E-state index contributed by atoms with van der Waals surface area (Å²) in [7, 11) is -5.65. The molecular formula is C6F5NaO4S. The maximum Gasteiger partial charge on any atom is 1.00 e. The zero-order valence-corrected chi connectivity index (χ0v) is 10.7. The van der Waals surface area contributed by atoms with Gasteiger partial charge in [-0.15, -0.1) is 0 Å². The van der Waals surface area contributed by atoms with Crippen molar-refractivity contribution in [2.24, 2.45) is 0 Å². The SMILES string of the molecule is O=S(=O)([O-])Oc1c(F)c(F)c(F)c(F)c1F.[Na+]. The molecule has 0 aliphatic carbocycles. The van der Waals surface area contributed by atoms with Gasteiger partial charge in [-0.1, -0.05) is 0 Å². The molecule has 0 fully saturated rings. The van der Waals surface area contributed by atoms with E-state index in [0.29, 0.717) is 0 Å². The number of hydrogen-bond donors (Lipinski definition) is 0. The first-order chi connectivity index (χ1) is 7.15. The van der Waals surface area contributed by atoms with Crippen LogP contribution in [0.25, 0.3) is 0 Å². The van der Waals surface area contributed by atoms with E-state index in [-0.39, 0.29) is 29.6 Å². The molecule has 0 aliphatic heterocycles. The Kier molecular flexibility index (Phi) is 5.35. The molecule has 0 unspecified atom stereocenters. The summed E-state index contributed by atoms with van der Waals surface area (Å²) in [5.74, 6) is -14.6. The van der Waals surface area contributed by atoms with E-state index in [1.165, 1.54) is 0 Å². The van der Waals surface area contributed by atoms with Gasteiger partial charge in [0, 0.05) is 0 Å². The fourth-order valence-corrected chi connectivity index (χ4v) is 1.11. The average Bonchev–Trinajstić information content (AvgIpc) is 2.17. The smallest absolute Gasteiger partial charge is 0.716 e. The Hall–Kier alpha value is -0.420. The van der Waals surface area contributed by atoms with E-state index in [1.54, 1.807) is 0 Å². The molecular weight excluding hydrogens is 286 g/mol. The van der Waals surface area contributed by atoms with Crippen LogP contribution in [0.3, 0.4) is 0 Å². The van der Waals surface area contributed by atoms with Crippen LogP contribution in [-0.4, -0.2) is 13.0 Å². The summed E-state index contributed by atoms with van der Waals surface area (Å²) in [5, 5.41) is 0. The van der Waals surface area contributed by atoms with Crippen LogP contribution in [0, 0.1) is 29.1 Å². The van der Waals surface area contributed by atoms with Crippen molar-refractivity contribution < 1.29 is 68.7 Å². The number of benzene rings is 1. The monoisotopic (exact) mass is 286 g/mol. The Morgan fingerprint density at radius 2 is 1.12 bits per heavy atom. The second kappa shape index (κ2) is 5.48. The van der Waals surface area contributed by atoms with Gasteiger partial charge in [-0.25, -0.2) is 21.6 Å². The molecule has 0 atom stereocenters. The first kappa shape index (κ1) is 16.6. The van der Waals surface area contributed by atoms with Gasteiger partial charge < -0.3 is 8.74 Å². The second-order valence-corrected chi connectivity index (χ2v) is 3.37. The van der Waals surface area contributed by atoms with Crippen molar-refractivity contribution in [2.45, 2.75) is 0 Å². The van der Waals surface area contributed by atoms with Crippen LogP contribution in [-0.2, 0) is 10.4 Å². The number of halogens is 5. The standard InChI is InChI=1S/C6HF5O4S.Na/c7-1-2(8)4(10)6(5(11)3(1)9)15-16(12,13)14;/h(H,12,13,14);/q;+1/p-1. The summed E-state index contributed by atoms with van der Waals surface area (Å²) in [6, 6.07) is 0. The first-order valence-corrected chi connectivity index (χ1v) is 4.65. The first-order valence-electron chi connectivity index (χ1n) is 3.32. The quantitative estimate of drug-likeness (QED) is 0.161. The van der Waals surface area contributed by atoms with Crippen molar-refractivity contribution in [3.8, 4) is 5.75 Å². The van der Waals surface area contributed by atoms with Crippen LogP contribution in [0.15, 0.2) is 0 Å². The fourth-order valence-electron chi connectivity index (χ4n) is 0.760. The maximum atomic E-state index is 12.7. The minimum atomic E-state index is -5.65. The molecule has 0 heterocycles. The molecule has 1 aromatic rings. The summed E-state index contributed by atoms with van der Waals surface area (Å²) in [6.45, 7) is 0. The van der Waals surface area contributed by atoms with Crippen LogP contribution in [0.5, 0.6) is 5.75 Å². The topological polar surface area (TPSA) is 66.4 Å². The molecule has 0 bridgehead atoms. The predicted molar refractivity (Wildman–Crippen MR) is 36.6 cm³/mol. The maximum absolute atomic E-state index is 12.7. The molecule has 90 valence electrons. The molecule has 11 heteroatoms. The summed E-state index contributed by atoms with van der Waals surface area (Å²) < 4.78 is 95.7. The molecule has 0 N–H and O–H groups in total. The summed E-state index contributed by atoms with van der Waals surface area (Å²) in [4.78, 5) is 0. The fraction of sp³-hybridized carbons (Fsp3) is 0. The largest absolute Gasteiger partial charge is 1.00 e. The van der Waals surface area contributed by atoms with Gasteiger partial charge in [-0.2, -0.15) is 8.78 Å². The predicted octanol–water partition coefficient (Wildman–Crippen LogP) is -1.77. The number of rotatable bonds is 2. The van der Waals surface area contributed by atoms with E-state index in [9.17, 15) is 34.9 Å². The molecule has 0 spiro atoms. The van der Waals surface area contributed by atoms with Gasteiger partial charge in [-0.3, -0.25) is 0 Å². The Labute approximate surface area is 114 Å². The molecule has 0 radical (unpaired) electrons. The van der Waals surface area contributed by atoms with Crippen LogP contribution in [0.4, 0.5) is 22.0 Å². The van der Waals surface area contributed by atoms with E-state index in [1.807, 2.05) is 0 Å². The Bertz CT molecular complexity index is 517. The van der Waals surface area contributed by atoms with Crippen LogP contribution in [0.1, 0.15) is 0 Å². The zero-order chi connectivity index (χ0) is 12.7. The number of hydrogen-bond acceptors (Lipinski definition) is 4. The summed E-state index contributed by atoms with van der Waals surface area (Å²) in [6.07, 6.45) is 0. The van der Waals surface area contributed by atoms with Gasteiger partial charge in [0.05, 0.1) is 0 Å². The van der Waals surface area contributed by atoms with Gasteiger partial charge in [-0.05, 0) is 0 Å². The molecule has 0 saturated heterocycles. The van der Waals surface area contributed by atoms with Crippen LogP contribution >= 0.6 is 0 Å². The zero-order valence-electron chi connectivity index (χ0n) is 7.93. The van der Waals surface area contributed by atoms with Crippen LogP contribution in [0.2, 0.25) is 0 Å². The summed E-state index contributed by atoms with van der Waals surface area (Å²) in [5.41, 5.74) is 0.